The number of hydrogen-bond acceptors (Lipinski definition) is 8. The molecule has 7 nitrogen and oxygen atoms in total. The summed E-state index contributed by atoms with van der Waals surface area (Å²) < 4.78 is 22.4. The molecule has 1 saturated heterocycles. The molecule has 196 valence electrons. The van der Waals surface area contributed by atoms with Crippen molar-refractivity contribution in [2.75, 3.05) is 52.0 Å². The molecule has 0 saturated carbocycles. The number of hydrogen-bond donors (Lipinski definition) is 0. The number of aromatic nitrogens is 2. The summed E-state index contributed by atoms with van der Waals surface area (Å²) >= 11 is 1.79. The highest BCUT2D eigenvalue weighted by molar-refractivity contribution is 7.15. The molecule has 5 rings (SSSR count). The second kappa shape index (κ2) is 12.7. The molecule has 1 fully saturated rings. The molecule has 0 atom stereocenters. The van der Waals surface area contributed by atoms with Gasteiger partial charge in [0.25, 0.3) is 0 Å². The van der Waals surface area contributed by atoms with Gasteiger partial charge in [0.15, 0.2) is 11.5 Å². The Morgan fingerprint density at radius 2 is 1.70 bits per heavy atom. The zero-order valence-electron chi connectivity index (χ0n) is 22.2. The van der Waals surface area contributed by atoms with E-state index in [1.165, 1.54) is 15.3 Å². The summed E-state index contributed by atoms with van der Waals surface area (Å²) in [6, 6.07) is 17.0. The van der Waals surface area contributed by atoms with Crippen LogP contribution in [0.1, 0.15) is 24.3 Å². The molecule has 2 aromatic carbocycles. The minimum atomic E-state index is 0.388. The molecule has 2 aromatic heterocycles. The molecule has 3 heterocycles. The molecule has 0 spiro atoms. The summed E-state index contributed by atoms with van der Waals surface area (Å²) in [5.41, 5.74) is 3.14. The largest absolute Gasteiger partial charge is 0.493 e. The highest BCUT2D eigenvalue weighted by Gasteiger charge is 2.19. The molecule has 0 amide bonds. The van der Waals surface area contributed by atoms with Gasteiger partial charge in [-0.1, -0.05) is 26.0 Å². The van der Waals surface area contributed by atoms with Crippen molar-refractivity contribution in [3.8, 4) is 28.0 Å². The minimum absolute atomic E-state index is 0.388. The van der Waals surface area contributed by atoms with E-state index in [0.717, 1.165) is 35.4 Å². The Balaban J connectivity index is 0.00000156. The van der Waals surface area contributed by atoms with E-state index in [0.29, 0.717) is 43.8 Å². The number of benzene rings is 2. The van der Waals surface area contributed by atoms with E-state index in [1.54, 1.807) is 25.6 Å². The van der Waals surface area contributed by atoms with Crippen molar-refractivity contribution in [2.24, 2.45) is 0 Å². The van der Waals surface area contributed by atoms with E-state index < -0.39 is 0 Å². The van der Waals surface area contributed by atoms with E-state index in [2.05, 4.69) is 42.2 Å². The maximum atomic E-state index is 6.05. The predicted molar refractivity (Wildman–Crippen MR) is 151 cm³/mol. The van der Waals surface area contributed by atoms with Gasteiger partial charge in [-0.2, -0.15) is 9.97 Å². The van der Waals surface area contributed by atoms with Crippen molar-refractivity contribution in [3.05, 3.63) is 59.0 Å². The van der Waals surface area contributed by atoms with Crippen LogP contribution in [0.2, 0.25) is 0 Å². The molecule has 1 aliphatic rings. The van der Waals surface area contributed by atoms with Crippen LogP contribution in [0.5, 0.6) is 17.5 Å². The average Bonchev–Trinajstić information content (AvgIpc) is 3.40. The van der Waals surface area contributed by atoms with Gasteiger partial charge in [-0.3, -0.25) is 0 Å². The Hall–Kier alpha value is -3.36. The average molecular weight is 522 g/mol. The number of ether oxygens (including phenoxy) is 4. The first-order chi connectivity index (χ1) is 18.1. The summed E-state index contributed by atoms with van der Waals surface area (Å²) in [6.07, 6.45) is 0.700. The number of thiophene rings is 1. The van der Waals surface area contributed by atoms with Gasteiger partial charge in [-0.15, -0.1) is 11.3 Å². The van der Waals surface area contributed by atoms with Gasteiger partial charge in [0.05, 0.1) is 39.6 Å². The SMILES string of the molecule is CC.COc1ccc(CCOc2nc(N3CCOCC3)c3cc(-c4ccc(C)s4)ccc3n2)cc1OC. The number of nitrogens with zero attached hydrogens (tertiary/aromatic N) is 3. The van der Waals surface area contributed by atoms with Crippen molar-refractivity contribution >= 4 is 28.1 Å². The van der Waals surface area contributed by atoms with Gasteiger partial charge in [0, 0.05) is 34.7 Å². The van der Waals surface area contributed by atoms with Crippen LogP contribution in [-0.4, -0.2) is 57.1 Å². The van der Waals surface area contributed by atoms with Crippen LogP contribution in [0, 0.1) is 6.92 Å². The lowest BCUT2D eigenvalue weighted by Crippen LogP contribution is -2.37. The molecule has 0 unspecified atom stereocenters. The summed E-state index contributed by atoms with van der Waals surface area (Å²) in [7, 11) is 3.27. The van der Waals surface area contributed by atoms with Crippen molar-refractivity contribution in [2.45, 2.75) is 27.2 Å². The van der Waals surface area contributed by atoms with Gasteiger partial charge in [0.2, 0.25) is 0 Å². The molecular formula is C29H35N3O4S. The molecular weight excluding hydrogens is 486 g/mol. The van der Waals surface area contributed by atoms with E-state index >= 15 is 0 Å². The fourth-order valence-corrected chi connectivity index (χ4v) is 5.08. The van der Waals surface area contributed by atoms with E-state index in [-0.39, 0.29) is 0 Å². The number of fused-ring (bicyclic) bond motifs is 1. The maximum absolute atomic E-state index is 6.05. The van der Waals surface area contributed by atoms with Crippen molar-refractivity contribution in [1.29, 1.82) is 0 Å². The van der Waals surface area contributed by atoms with Gasteiger partial charge in [0.1, 0.15) is 5.82 Å². The molecule has 4 aromatic rings. The highest BCUT2D eigenvalue weighted by Crippen LogP contribution is 2.34. The first kappa shape index (κ1) is 26.7. The van der Waals surface area contributed by atoms with Gasteiger partial charge >= 0.3 is 6.01 Å². The van der Waals surface area contributed by atoms with Crippen LogP contribution >= 0.6 is 11.3 Å². The van der Waals surface area contributed by atoms with E-state index in [4.69, 9.17) is 28.9 Å². The van der Waals surface area contributed by atoms with E-state index in [1.807, 2.05) is 32.0 Å². The number of methoxy groups -OCH3 is 2. The lowest BCUT2D eigenvalue weighted by molar-refractivity contribution is 0.122. The van der Waals surface area contributed by atoms with Crippen LogP contribution in [0.15, 0.2) is 48.5 Å². The number of morpholine rings is 1. The molecule has 0 bridgehead atoms. The zero-order valence-corrected chi connectivity index (χ0v) is 23.1. The molecule has 8 heteroatoms. The van der Waals surface area contributed by atoms with Gasteiger partial charge in [-0.05, 0) is 54.4 Å². The Labute approximate surface area is 223 Å². The third kappa shape index (κ3) is 6.32. The maximum Gasteiger partial charge on any atom is 0.318 e. The number of aryl methyl sites for hydroxylation is 1. The predicted octanol–water partition coefficient (Wildman–Crippen LogP) is 6.17. The van der Waals surface area contributed by atoms with Crippen LogP contribution in [-0.2, 0) is 11.2 Å². The highest BCUT2D eigenvalue weighted by atomic mass is 32.1. The first-order valence-corrected chi connectivity index (χ1v) is 13.5. The standard InChI is InChI=1S/C27H29N3O4S.C2H6/c1-18-4-9-25(35-18)20-6-7-22-21(17-20)26(30-11-14-33-15-12-30)29-27(28-22)34-13-10-19-5-8-23(31-2)24(16-19)32-3;1-2/h4-9,16-17H,10-15H2,1-3H3;1-2H3. The molecule has 37 heavy (non-hydrogen) atoms. The fourth-order valence-electron chi connectivity index (χ4n) is 4.21. The van der Waals surface area contributed by atoms with Crippen LogP contribution in [0.4, 0.5) is 5.82 Å². The topological polar surface area (TPSA) is 65.9 Å². The first-order valence-electron chi connectivity index (χ1n) is 12.7. The van der Waals surface area contributed by atoms with Gasteiger partial charge in [-0.25, -0.2) is 0 Å². The molecule has 0 aliphatic carbocycles. The van der Waals surface area contributed by atoms with Crippen LogP contribution in [0.3, 0.4) is 0 Å². The number of rotatable bonds is 8. The summed E-state index contributed by atoms with van der Waals surface area (Å²) in [5, 5.41) is 1.03. The lowest BCUT2D eigenvalue weighted by Gasteiger charge is -2.29. The fraction of sp³-hybridized carbons (Fsp3) is 0.379. The quantitative estimate of drug-likeness (QED) is 0.275. The Morgan fingerprint density at radius 3 is 2.41 bits per heavy atom. The third-order valence-corrected chi connectivity index (χ3v) is 7.11. The minimum Gasteiger partial charge on any atom is -0.493 e. The zero-order chi connectivity index (χ0) is 26.2. The van der Waals surface area contributed by atoms with Crippen molar-refractivity contribution < 1.29 is 18.9 Å². The lowest BCUT2D eigenvalue weighted by atomic mass is 10.1. The smallest absolute Gasteiger partial charge is 0.318 e. The Bertz CT molecular complexity index is 1320. The third-order valence-electron chi connectivity index (χ3n) is 6.06. The van der Waals surface area contributed by atoms with Crippen molar-refractivity contribution in [1.82, 2.24) is 9.97 Å². The second-order valence-corrected chi connectivity index (χ2v) is 9.65. The Morgan fingerprint density at radius 1 is 0.919 bits per heavy atom. The van der Waals surface area contributed by atoms with Crippen LogP contribution < -0.4 is 19.1 Å². The van der Waals surface area contributed by atoms with Gasteiger partial charge < -0.3 is 23.8 Å². The number of anilines is 1. The molecule has 0 radical (unpaired) electrons. The van der Waals surface area contributed by atoms with Crippen LogP contribution in [0.25, 0.3) is 21.3 Å². The van der Waals surface area contributed by atoms with Crippen molar-refractivity contribution in [3.63, 3.8) is 0 Å². The summed E-state index contributed by atoms with van der Waals surface area (Å²) in [4.78, 5) is 14.4. The second-order valence-electron chi connectivity index (χ2n) is 8.36. The normalized spacial score (nSPS) is 13.2. The summed E-state index contributed by atoms with van der Waals surface area (Å²) in [6.45, 7) is 9.54. The Kier molecular flexibility index (Phi) is 9.19. The molecule has 1 aliphatic heterocycles. The monoisotopic (exact) mass is 521 g/mol. The molecule has 0 N–H and O–H groups in total. The summed E-state index contributed by atoms with van der Waals surface area (Å²) in [5.74, 6) is 2.31. The van der Waals surface area contributed by atoms with E-state index in [9.17, 15) is 0 Å².